The van der Waals surface area contributed by atoms with Crippen molar-refractivity contribution in [1.82, 2.24) is 0 Å². The lowest BCUT2D eigenvalue weighted by Gasteiger charge is -2.28. The molecule has 0 unspecified atom stereocenters. The molecule has 1 nitrogen and oxygen atoms in total. The van der Waals surface area contributed by atoms with Crippen molar-refractivity contribution in [3.8, 4) is 22.3 Å². The summed E-state index contributed by atoms with van der Waals surface area (Å²) in [6, 6.07) is 79.3. The third-order valence-corrected chi connectivity index (χ3v) is 15.2. The van der Waals surface area contributed by atoms with Crippen molar-refractivity contribution in [3.63, 3.8) is 0 Å². The van der Waals surface area contributed by atoms with Gasteiger partial charge in [-0.2, -0.15) is 0 Å². The van der Waals surface area contributed by atoms with E-state index in [0.29, 0.717) is 0 Å². The number of fused-ring (bicyclic) bond motifs is 14. The number of benzene rings is 11. The van der Waals surface area contributed by atoms with E-state index in [4.69, 9.17) is 0 Å². The second-order valence-corrected chi connectivity index (χ2v) is 19.1. The summed E-state index contributed by atoms with van der Waals surface area (Å²) >= 11 is 1.87. The van der Waals surface area contributed by atoms with E-state index in [-0.39, 0.29) is 5.41 Å². The molecule has 0 amide bonds. The maximum atomic E-state index is 2.50. The van der Waals surface area contributed by atoms with E-state index in [0.717, 1.165) is 23.5 Å². The molecule has 0 atom stereocenters. The molecule has 64 heavy (non-hydrogen) atoms. The standard InChI is InChI=1S/C62H43NS/c1-62(2)57-35-39(34-42-36-56-49-19-8-7-17-47(49)48-18-9-11-22-54(48)61(56)53-21-10-6-16-46(42)53)24-31-50(57)51-32-29-45(38-58(51)62)63(43-27-25-41(26-28-43)40-14-4-3-5-15-40)44-30-33-60-55(37-44)52-20-12-13-23-59(52)64-60/h3-33,35-38H,34H2,1-2H3. The summed E-state index contributed by atoms with van der Waals surface area (Å²) in [6.07, 6.45) is 0.856. The van der Waals surface area contributed by atoms with Crippen LogP contribution in [0.2, 0.25) is 0 Å². The van der Waals surface area contributed by atoms with E-state index < -0.39 is 0 Å². The lowest BCUT2D eigenvalue weighted by molar-refractivity contribution is 0.659. The van der Waals surface area contributed by atoms with Crippen molar-refractivity contribution in [1.29, 1.82) is 0 Å². The summed E-state index contributed by atoms with van der Waals surface area (Å²) in [5.41, 5.74) is 13.8. The van der Waals surface area contributed by atoms with Gasteiger partial charge in [-0.25, -0.2) is 0 Å². The first-order chi connectivity index (χ1) is 31.5. The van der Waals surface area contributed by atoms with Crippen molar-refractivity contribution in [2.75, 3.05) is 4.90 Å². The van der Waals surface area contributed by atoms with Gasteiger partial charge in [0.25, 0.3) is 0 Å². The molecule has 0 spiro atoms. The Morgan fingerprint density at radius 1 is 0.375 bits per heavy atom. The van der Waals surface area contributed by atoms with Gasteiger partial charge in [-0.15, -0.1) is 11.3 Å². The molecule has 1 aliphatic rings. The fourth-order valence-corrected chi connectivity index (χ4v) is 12.0. The molecule has 0 N–H and O–H groups in total. The average molecular weight is 834 g/mol. The largest absolute Gasteiger partial charge is 0.310 e. The number of hydrogen-bond donors (Lipinski definition) is 0. The first-order valence-electron chi connectivity index (χ1n) is 22.4. The van der Waals surface area contributed by atoms with E-state index in [1.807, 2.05) is 11.3 Å². The van der Waals surface area contributed by atoms with Gasteiger partial charge in [0.15, 0.2) is 0 Å². The first kappa shape index (κ1) is 37.1. The van der Waals surface area contributed by atoms with Crippen LogP contribution in [0.15, 0.2) is 212 Å². The molecule has 1 aromatic heterocycles. The van der Waals surface area contributed by atoms with Crippen LogP contribution < -0.4 is 4.90 Å². The van der Waals surface area contributed by atoms with Crippen molar-refractivity contribution in [3.05, 3.63) is 235 Å². The molecule has 2 heteroatoms. The molecular formula is C62H43NS. The molecule has 0 bridgehead atoms. The molecule has 0 saturated carbocycles. The minimum Gasteiger partial charge on any atom is -0.310 e. The average Bonchev–Trinajstić information content (AvgIpc) is 3.83. The molecular weight excluding hydrogens is 791 g/mol. The summed E-state index contributed by atoms with van der Waals surface area (Å²) in [6.45, 7) is 4.83. The third-order valence-electron chi connectivity index (χ3n) is 14.1. The fraction of sp³-hybridized carbons (Fsp3) is 0.0645. The summed E-state index contributed by atoms with van der Waals surface area (Å²) < 4.78 is 2.63. The van der Waals surface area contributed by atoms with Gasteiger partial charge in [-0.3, -0.25) is 0 Å². The highest BCUT2D eigenvalue weighted by Crippen LogP contribution is 2.52. The Labute approximate surface area is 377 Å². The molecule has 302 valence electrons. The van der Waals surface area contributed by atoms with Crippen LogP contribution in [0, 0.1) is 0 Å². The number of hydrogen-bond acceptors (Lipinski definition) is 2. The highest BCUT2D eigenvalue weighted by Gasteiger charge is 2.36. The normalized spacial score (nSPS) is 13.0. The van der Waals surface area contributed by atoms with Gasteiger partial charge in [-0.05, 0) is 149 Å². The zero-order chi connectivity index (χ0) is 42.5. The Hall–Kier alpha value is -7.52. The molecule has 12 aromatic rings. The van der Waals surface area contributed by atoms with E-state index in [2.05, 4.69) is 231 Å². The Morgan fingerprint density at radius 3 is 1.64 bits per heavy atom. The van der Waals surface area contributed by atoms with Crippen LogP contribution >= 0.6 is 11.3 Å². The Bertz CT molecular complexity index is 3840. The van der Waals surface area contributed by atoms with E-state index >= 15 is 0 Å². The smallest absolute Gasteiger partial charge is 0.0468 e. The summed E-state index contributed by atoms with van der Waals surface area (Å²) in [5, 5.41) is 13.2. The Kier molecular flexibility index (Phi) is 8.26. The van der Waals surface area contributed by atoms with Gasteiger partial charge >= 0.3 is 0 Å². The summed E-state index contributed by atoms with van der Waals surface area (Å²) in [5.74, 6) is 0. The zero-order valence-electron chi connectivity index (χ0n) is 35.8. The van der Waals surface area contributed by atoms with Gasteiger partial charge in [0.05, 0.1) is 0 Å². The van der Waals surface area contributed by atoms with Gasteiger partial charge in [-0.1, -0.05) is 172 Å². The van der Waals surface area contributed by atoms with E-state index in [1.54, 1.807) is 0 Å². The molecule has 1 aliphatic carbocycles. The number of nitrogens with zero attached hydrogens (tertiary/aromatic N) is 1. The van der Waals surface area contributed by atoms with Crippen LogP contribution in [0.5, 0.6) is 0 Å². The molecule has 0 aliphatic heterocycles. The predicted octanol–water partition coefficient (Wildman–Crippen LogP) is 17.7. The fourth-order valence-electron chi connectivity index (χ4n) is 11.0. The van der Waals surface area contributed by atoms with Crippen molar-refractivity contribution < 1.29 is 0 Å². The van der Waals surface area contributed by atoms with Crippen LogP contribution in [-0.2, 0) is 11.8 Å². The highest BCUT2D eigenvalue weighted by molar-refractivity contribution is 7.25. The maximum absolute atomic E-state index is 2.50. The highest BCUT2D eigenvalue weighted by atomic mass is 32.1. The molecule has 1 heterocycles. The second kappa shape index (κ2) is 14.3. The SMILES string of the molecule is CC1(C)c2cc(Cc3cc4c5ccccc5c5ccccc5c4c4ccccc34)ccc2-c2ccc(N(c3ccc(-c4ccccc4)cc3)c3ccc4sc5ccccc5c4c3)cc21. The predicted molar refractivity (Wildman–Crippen MR) is 276 cm³/mol. The maximum Gasteiger partial charge on any atom is 0.0468 e. The number of thiophene rings is 1. The van der Waals surface area contributed by atoms with Gasteiger partial charge in [0.2, 0.25) is 0 Å². The monoisotopic (exact) mass is 833 g/mol. The van der Waals surface area contributed by atoms with Crippen LogP contribution in [0.1, 0.15) is 36.1 Å². The molecule has 11 aromatic carbocycles. The van der Waals surface area contributed by atoms with Crippen molar-refractivity contribution in [2.24, 2.45) is 0 Å². The molecule has 13 rings (SSSR count). The van der Waals surface area contributed by atoms with Gasteiger partial charge in [0, 0.05) is 42.6 Å². The van der Waals surface area contributed by atoms with Crippen LogP contribution in [0.4, 0.5) is 17.1 Å². The topological polar surface area (TPSA) is 3.24 Å². The lowest BCUT2D eigenvalue weighted by atomic mass is 9.81. The van der Waals surface area contributed by atoms with E-state index in [1.165, 1.54) is 108 Å². The van der Waals surface area contributed by atoms with Gasteiger partial charge in [0.1, 0.15) is 0 Å². The Balaban J connectivity index is 0.915. The summed E-state index contributed by atoms with van der Waals surface area (Å²) in [7, 11) is 0. The van der Waals surface area contributed by atoms with Crippen LogP contribution in [-0.4, -0.2) is 0 Å². The molecule has 0 fully saturated rings. The minimum absolute atomic E-state index is 0.201. The third kappa shape index (κ3) is 5.69. The number of rotatable bonds is 6. The quantitative estimate of drug-likeness (QED) is 0.151. The van der Waals surface area contributed by atoms with Crippen LogP contribution in [0.25, 0.3) is 85.5 Å². The second-order valence-electron chi connectivity index (χ2n) is 18.0. The molecule has 0 radical (unpaired) electrons. The summed E-state index contributed by atoms with van der Waals surface area (Å²) in [4.78, 5) is 2.45. The lowest BCUT2D eigenvalue weighted by Crippen LogP contribution is -2.17. The van der Waals surface area contributed by atoms with E-state index in [9.17, 15) is 0 Å². The van der Waals surface area contributed by atoms with Gasteiger partial charge < -0.3 is 4.90 Å². The minimum atomic E-state index is -0.201. The molecule has 0 saturated heterocycles. The number of anilines is 3. The Morgan fingerprint density at radius 2 is 0.891 bits per heavy atom. The first-order valence-corrected chi connectivity index (χ1v) is 23.2. The van der Waals surface area contributed by atoms with Crippen LogP contribution in [0.3, 0.4) is 0 Å². The van der Waals surface area contributed by atoms with Crippen molar-refractivity contribution >= 4 is 91.7 Å². The van der Waals surface area contributed by atoms with Crippen molar-refractivity contribution in [2.45, 2.75) is 25.7 Å². The zero-order valence-corrected chi connectivity index (χ0v) is 36.6.